The first-order chi connectivity index (χ1) is 7.66. The highest BCUT2D eigenvalue weighted by Gasteiger charge is 2.03. The van der Waals surface area contributed by atoms with E-state index in [1.807, 2.05) is 19.9 Å². The highest BCUT2D eigenvalue weighted by molar-refractivity contribution is 4.68. The van der Waals surface area contributed by atoms with Crippen LogP contribution in [0, 0.1) is 0 Å². The first kappa shape index (κ1) is 15.6. The summed E-state index contributed by atoms with van der Waals surface area (Å²) in [5.74, 6) is 0. The van der Waals surface area contributed by atoms with Crippen LogP contribution in [0.5, 0.6) is 0 Å². The topological polar surface area (TPSA) is 50.7 Å². The van der Waals surface area contributed by atoms with Crippen molar-refractivity contribution in [3.8, 4) is 0 Å². The molecule has 0 aromatic heterocycles. The molecule has 0 amide bonds. The molecule has 0 rings (SSSR count). The van der Waals surface area contributed by atoms with Gasteiger partial charge in [-0.25, -0.2) is 0 Å². The van der Waals surface area contributed by atoms with E-state index in [2.05, 4.69) is 11.9 Å². The molecule has 0 aliphatic carbocycles. The molecule has 0 aliphatic rings. The molecule has 4 nitrogen and oxygen atoms in total. The Bertz CT molecular complexity index is 162. The van der Waals surface area contributed by atoms with Gasteiger partial charge in [-0.3, -0.25) is 0 Å². The third kappa shape index (κ3) is 11.7. The standard InChI is InChI=1S/C12H25NO3/c1-4-5-6-13-9-12(14)10-15-7-8-16-11(2)3/h4,11-14H,1,5-10H2,2-3H3. The van der Waals surface area contributed by atoms with Crippen molar-refractivity contribution in [1.29, 1.82) is 0 Å². The number of hydrogen-bond acceptors (Lipinski definition) is 4. The van der Waals surface area contributed by atoms with Gasteiger partial charge >= 0.3 is 0 Å². The van der Waals surface area contributed by atoms with Gasteiger partial charge in [0.2, 0.25) is 0 Å². The fourth-order valence-corrected chi connectivity index (χ4v) is 1.09. The molecule has 1 atom stereocenters. The summed E-state index contributed by atoms with van der Waals surface area (Å²) >= 11 is 0. The summed E-state index contributed by atoms with van der Waals surface area (Å²) in [4.78, 5) is 0. The van der Waals surface area contributed by atoms with Crippen LogP contribution in [0.2, 0.25) is 0 Å². The van der Waals surface area contributed by atoms with Gasteiger partial charge in [-0.05, 0) is 26.8 Å². The van der Waals surface area contributed by atoms with E-state index in [4.69, 9.17) is 9.47 Å². The Morgan fingerprint density at radius 2 is 2.12 bits per heavy atom. The third-order valence-corrected chi connectivity index (χ3v) is 1.89. The average Bonchev–Trinajstić information content (AvgIpc) is 2.23. The fourth-order valence-electron chi connectivity index (χ4n) is 1.09. The summed E-state index contributed by atoms with van der Waals surface area (Å²) in [6, 6.07) is 0. The van der Waals surface area contributed by atoms with Crippen LogP contribution in [0.25, 0.3) is 0 Å². The molecule has 0 aliphatic heterocycles. The largest absolute Gasteiger partial charge is 0.389 e. The second-order valence-corrected chi connectivity index (χ2v) is 3.93. The van der Waals surface area contributed by atoms with E-state index in [1.54, 1.807) is 0 Å². The quantitative estimate of drug-likeness (QED) is 0.411. The van der Waals surface area contributed by atoms with Gasteiger partial charge in [0.25, 0.3) is 0 Å². The Morgan fingerprint density at radius 3 is 2.75 bits per heavy atom. The smallest absolute Gasteiger partial charge is 0.0897 e. The Labute approximate surface area is 98.6 Å². The zero-order chi connectivity index (χ0) is 12.2. The first-order valence-electron chi connectivity index (χ1n) is 5.85. The van der Waals surface area contributed by atoms with E-state index < -0.39 is 6.10 Å². The van der Waals surface area contributed by atoms with Crippen molar-refractivity contribution in [1.82, 2.24) is 5.32 Å². The predicted molar refractivity (Wildman–Crippen MR) is 65.6 cm³/mol. The Kier molecular flexibility index (Phi) is 10.8. The zero-order valence-corrected chi connectivity index (χ0v) is 10.4. The summed E-state index contributed by atoms with van der Waals surface area (Å²) in [6.45, 7) is 10.4. The van der Waals surface area contributed by atoms with Crippen molar-refractivity contribution in [3.63, 3.8) is 0 Å². The van der Waals surface area contributed by atoms with Crippen molar-refractivity contribution in [3.05, 3.63) is 12.7 Å². The number of nitrogens with one attached hydrogen (secondary N) is 1. The minimum atomic E-state index is -0.455. The highest BCUT2D eigenvalue weighted by Crippen LogP contribution is 1.89. The average molecular weight is 231 g/mol. The maximum absolute atomic E-state index is 9.50. The Hall–Kier alpha value is -0.420. The summed E-state index contributed by atoms with van der Waals surface area (Å²) in [5.41, 5.74) is 0. The molecule has 0 saturated heterocycles. The number of rotatable bonds is 11. The van der Waals surface area contributed by atoms with Crippen molar-refractivity contribution >= 4 is 0 Å². The first-order valence-corrected chi connectivity index (χ1v) is 5.85. The van der Waals surface area contributed by atoms with Crippen LogP contribution in [0.4, 0.5) is 0 Å². The lowest BCUT2D eigenvalue weighted by Crippen LogP contribution is -2.31. The maximum atomic E-state index is 9.50. The van der Waals surface area contributed by atoms with Gasteiger partial charge in [-0.2, -0.15) is 0 Å². The van der Waals surface area contributed by atoms with Crippen LogP contribution < -0.4 is 5.32 Å². The molecule has 1 unspecified atom stereocenters. The van der Waals surface area contributed by atoms with E-state index in [0.717, 1.165) is 13.0 Å². The Morgan fingerprint density at radius 1 is 1.38 bits per heavy atom. The van der Waals surface area contributed by atoms with Gasteiger partial charge in [0, 0.05) is 6.54 Å². The second-order valence-electron chi connectivity index (χ2n) is 3.93. The molecule has 16 heavy (non-hydrogen) atoms. The van der Waals surface area contributed by atoms with Crippen LogP contribution >= 0.6 is 0 Å². The van der Waals surface area contributed by atoms with Gasteiger partial charge in [0.15, 0.2) is 0 Å². The number of aliphatic hydroxyl groups is 1. The molecule has 0 heterocycles. The monoisotopic (exact) mass is 231 g/mol. The van der Waals surface area contributed by atoms with Crippen molar-refractivity contribution in [2.24, 2.45) is 0 Å². The van der Waals surface area contributed by atoms with Crippen LogP contribution in [0.1, 0.15) is 20.3 Å². The summed E-state index contributed by atoms with van der Waals surface area (Å²) < 4.78 is 10.6. The van der Waals surface area contributed by atoms with Gasteiger partial charge in [-0.1, -0.05) is 6.08 Å². The van der Waals surface area contributed by atoms with Crippen LogP contribution in [-0.4, -0.2) is 50.2 Å². The molecule has 4 heteroatoms. The lowest BCUT2D eigenvalue weighted by atomic mass is 10.3. The molecule has 0 aromatic carbocycles. The molecule has 0 aromatic rings. The number of hydrogen-bond donors (Lipinski definition) is 2. The van der Waals surface area contributed by atoms with E-state index in [-0.39, 0.29) is 6.10 Å². The van der Waals surface area contributed by atoms with E-state index in [1.165, 1.54) is 0 Å². The molecular weight excluding hydrogens is 206 g/mol. The molecular formula is C12H25NO3. The van der Waals surface area contributed by atoms with E-state index in [9.17, 15) is 5.11 Å². The highest BCUT2D eigenvalue weighted by atomic mass is 16.5. The molecule has 2 N–H and O–H groups in total. The molecule has 0 spiro atoms. The van der Waals surface area contributed by atoms with Gasteiger partial charge in [0.05, 0.1) is 32.0 Å². The van der Waals surface area contributed by atoms with Gasteiger partial charge < -0.3 is 19.9 Å². The lowest BCUT2D eigenvalue weighted by molar-refractivity contribution is -0.00988. The second kappa shape index (κ2) is 11.1. The third-order valence-electron chi connectivity index (χ3n) is 1.89. The number of ether oxygens (including phenoxy) is 2. The summed E-state index contributed by atoms with van der Waals surface area (Å²) in [7, 11) is 0. The van der Waals surface area contributed by atoms with Crippen molar-refractivity contribution < 1.29 is 14.6 Å². The van der Waals surface area contributed by atoms with Gasteiger partial charge in [-0.15, -0.1) is 6.58 Å². The lowest BCUT2D eigenvalue weighted by Gasteiger charge is -2.12. The predicted octanol–water partition coefficient (Wildman–Crippen LogP) is 0.955. The van der Waals surface area contributed by atoms with Gasteiger partial charge in [0.1, 0.15) is 0 Å². The summed E-state index contributed by atoms with van der Waals surface area (Å²) in [6.07, 6.45) is 2.53. The van der Waals surface area contributed by atoms with Crippen LogP contribution in [0.3, 0.4) is 0 Å². The molecule has 0 radical (unpaired) electrons. The molecule has 0 fully saturated rings. The maximum Gasteiger partial charge on any atom is 0.0897 e. The zero-order valence-electron chi connectivity index (χ0n) is 10.4. The molecule has 0 saturated carbocycles. The Balaban J connectivity index is 3.17. The van der Waals surface area contributed by atoms with E-state index in [0.29, 0.717) is 26.4 Å². The van der Waals surface area contributed by atoms with Crippen LogP contribution in [0.15, 0.2) is 12.7 Å². The minimum Gasteiger partial charge on any atom is -0.389 e. The van der Waals surface area contributed by atoms with Crippen molar-refractivity contribution in [2.45, 2.75) is 32.5 Å². The van der Waals surface area contributed by atoms with Crippen LogP contribution in [-0.2, 0) is 9.47 Å². The minimum absolute atomic E-state index is 0.231. The van der Waals surface area contributed by atoms with E-state index >= 15 is 0 Å². The molecule has 96 valence electrons. The summed E-state index contributed by atoms with van der Waals surface area (Å²) in [5, 5.41) is 12.6. The number of aliphatic hydroxyl groups excluding tert-OH is 1. The van der Waals surface area contributed by atoms with Crippen molar-refractivity contribution in [2.75, 3.05) is 32.9 Å². The molecule has 0 bridgehead atoms. The SMILES string of the molecule is C=CCCNCC(O)COCCOC(C)C. The normalized spacial score (nSPS) is 13.0. The fraction of sp³-hybridized carbons (Fsp3) is 0.833.